The van der Waals surface area contributed by atoms with E-state index in [9.17, 15) is 4.79 Å². The summed E-state index contributed by atoms with van der Waals surface area (Å²) in [6, 6.07) is 5.35. The predicted octanol–water partition coefficient (Wildman–Crippen LogP) is 2.33. The Morgan fingerprint density at radius 3 is 3.19 bits per heavy atom. The molecule has 0 saturated carbocycles. The Morgan fingerprint density at radius 2 is 2.50 bits per heavy atom. The van der Waals surface area contributed by atoms with E-state index in [1.54, 1.807) is 6.07 Å². The third-order valence-corrected chi connectivity index (χ3v) is 4.20. The average Bonchev–Trinajstić information content (AvgIpc) is 2.78. The van der Waals surface area contributed by atoms with Crippen molar-refractivity contribution in [1.29, 1.82) is 0 Å². The topological polar surface area (TPSA) is 42.0 Å². The van der Waals surface area contributed by atoms with Crippen LogP contribution in [0.15, 0.2) is 22.8 Å². The van der Waals surface area contributed by atoms with Crippen LogP contribution in [0.2, 0.25) is 0 Å². The standard InChI is InChI=1S/C11H13BrN2OS/c12-10-3-1-2-9(14-10)11(15)13-6-8-4-5-16-7-8/h1-3,8H,4-7H2,(H,13,15). The zero-order valence-electron chi connectivity index (χ0n) is 8.78. The second-order valence-electron chi connectivity index (χ2n) is 3.79. The highest BCUT2D eigenvalue weighted by Gasteiger charge is 2.16. The molecular formula is C11H13BrN2OS. The van der Waals surface area contributed by atoms with Crippen molar-refractivity contribution in [2.24, 2.45) is 5.92 Å². The molecule has 0 bridgehead atoms. The molecule has 1 N–H and O–H groups in total. The first-order valence-electron chi connectivity index (χ1n) is 5.24. The zero-order chi connectivity index (χ0) is 11.4. The largest absolute Gasteiger partial charge is 0.350 e. The summed E-state index contributed by atoms with van der Waals surface area (Å²) in [7, 11) is 0. The molecule has 1 aromatic rings. The van der Waals surface area contributed by atoms with Gasteiger partial charge in [-0.2, -0.15) is 11.8 Å². The van der Waals surface area contributed by atoms with Crippen molar-refractivity contribution >= 4 is 33.6 Å². The molecule has 16 heavy (non-hydrogen) atoms. The molecule has 1 unspecified atom stereocenters. The van der Waals surface area contributed by atoms with Gasteiger partial charge in [0.15, 0.2) is 0 Å². The van der Waals surface area contributed by atoms with E-state index in [1.165, 1.54) is 12.2 Å². The summed E-state index contributed by atoms with van der Waals surface area (Å²) >= 11 is 5.21. The Labute approximate surface area is 108 Å². The summed E-state index contributed by atoms with van der Waals surface area (Å²) in [5, 5.41) is 2.93. The first-order valence-corrected chi connectivity index (χ1v) is 7.19. The lowest BCUT2D eigenvalue weighted by Gasteiger charge is -2.09. The summed E-state index contributed by atoms with van der Waals surface area (Å²) in [5.74, 6) is 2.92. The second-order valence-corrected chi connectivity index (χ2v) is 5.75. The fourth-order valence-electron chi connectivity index (χ4n) is 1.61. The number of thioether (sulfide) groups is 1. The van der Waals surface area contributed by atoms with E-state index < -0.39 is 0 Å². The number of aromatic nitrogens is 1. The molecule has 1 aliphatic heterocycles. The van der Waals surface area contributed by atoms with Crippen LogP contribution >= 0.6 is 27.7 Å². The lowest BCUT2D eigenvalue weighted by atomic mass is 10.1. The minimum Gasteiger partial charge on any atom is -0.350 e. The van der Waals surface area contributed by atoms with Crippen LogP contribution in [0.3, 0.4) is 0 Å². The first kappa shape index (κ1) is 11.9. The number of carbonyl (C=O) groups excluding carboxylic acids is 1. The molecule has 1 amide bonds. The van der Waals surface area contributed by atoms with Crippen LogP contribution in [0.5, 0.6) is 0 Å². The summed E-state index contributed by atoms with van der Waals surface area (Å²) in [6.45, 7) is 0.764. The second kappa shape index (κ2) is 5.68. The lowest BCUT2D eigenvalue weighted by Crippen LogP contribution is -2.29. The van der Waals surface area contributed by atoms with Crippen molar-refractivity contribution in [3.63, 3.8) is 0 Å². The molecule has 3 nitrogen and oxygen atoms in total. The van der Waals surface area contributed by atoms with Crippen molar-refractivity contribution in [3.8, 4) is 0 Å². The number of carbonyl (C=O) groups is 1. The predicted molar refractivity (Wildman–Crippen MR) is 69.7 cm³/mol. The van der Waals surface area contributed by atoms with Gasteiger partial charge < -0.3 is 5.32 Å². The van der Waals surface area contributed by atoms with E-state index >= 15 is 0 Å². The molecule has 86 valence electrons. The van der Waals surface area contributed by atoms with Gasteiger partial charge in [-0.15, -0.1) is 0 Å². The van der Waals surface area contributed by atoms with Gasteiger partial charge in [0.05, 0.1) is 0 Å². The number of hydrogen-bond acceptors (Lipinski definition) is 3. The first-order chi connectivity index (χ1) is 7.75. The van der Waals surface area contributed by atoms with Crippen LogP contribution in [-0.2, 0) is 0 Å². The number of nitrogens with one attached hydrogen (secondary N) is 1. The average molecular weight is 301 g/mol. The van der Waals surface area contributed by atoms with E-state index in [0.717, 1.165) is 12.3 Å². The maximum absolute atomic E-state index is 11.8. The molecule has 5 heteroatoms. The minimum absolute atomic E-state index is 0.0850. The molecule has 1 fully saturated rings. The number of hydrogen-bond donors (Lipinski definition) is 1. The van der Waals surface area contributed by atoms with Crippen molar-refractivity contribution in [1.82, 2.24) is 10.3 Å². The van der Waals surface area contributed by atoms with Crippen molar-refractivity contribution in [2.75, 3.05) is 18.1 Å². The summed E-state index contributed by atoms with van der Waals surface area (Å²) in [5.41, 5.74) is 0.472. The van der Waals surface area contributed by atoms with Crippen LogP contribution < -0.4 is 5.32 Å². The van der Waals surface area contributed by atoms with Crippen molar-refractivity contribution in [2.45, 2.75) is 6.42 Å². The van der Waals surface area contributed by atoms with Gasteiger partial charge in [0.1, 0.15) is 10.3 Å². The molecule has 0 radical (unpaired) electrons. The van der Waals surface area contributed by atoms with Crippen LogP contribution in [0.4, 0.5) is 0 Å². The highest BCUT2D eigenvalue weighted by Crippen LogP contribution is 2.22. The van der Waals surface area contributed by atoms with Gasteiger partial charge in [0.2, 0.25) is 0 Å². The van der Waals surface area contributed by atoms with Gasteiger partial charge in [-0.3, -0.25) is 4.79 Å². The van der Waals surface area contributed by atoms with E-state index in [4.69, 9.17) is 0 Å². The Morgan fingerprint density at radius 1 is 1.62 bits per heavy atom. The molecule has 1 aliphatic rings. The summed E-state index contributed by atoms with van der Waals surface area (Å²) in [4.78, 5) is 15.9. The molecule has 0 aliphatic carbocycles. The molecule has 1 saturated heterocycles. The van der Waals surface area contributed by atoms with Crippen LogP contribution in [0.25, 0.3) is 0 Å². The van der Waals surface area contributed by atoms with E-state index in [1.807, 2.05) is 23.9 Å². The zero-order valence-corrected chi connectivity index (χ0v) is 11.2. The van der Waals surface area contributed by atoms with Crippen molar-refractivity contribution < 1.29 is 4.79 Å². The lowest BCUT2D eigenvalue weighted by molar-refractivity contribution is 0.0943. The third-order valence-electron chi connectivity index (χ3n) is 2.52. The highest BCUT2D eigenvalue weighted by molar-refractivity contribution is 9.10. The Bertz CT molecular complexity index is 380. The molecule has 2 rings (SSSR count). The van der Waals surface area contributed by atoms with Crippen molar-refractivity contribution in [3.05, 3.63) is 28.5 Å². The molecular weight excluding hydrogens is 288 g/mol. The maximum atomic E-state index is 11.8. The Hall–Kier alpha value is -0.550. The summed E-state index contributed by atoms with van der Waals surface area (Å²) < 4.78 is 0.691. The van der Waals surface area contributed by atoms with Gasteiger partial charge >= 0.3 is 0 Å². The number of pyridine rings is 1. The fourth-order valence-corrected chi connectivity index (χ4v) is 3.23. The van der Waals surface area contributed by atoms with Crippen LogP contribution in [0, 0.1) is 5.92 Å². The molecule has 0 aromatic carbocycles. The number of nitrogens with zero attached hydrogens (tertiary/aromatic N) is 1. The van der Waals surface area contributed by atoms with E-state index in [0.29, 0.717) is 16.2 Å². The quantitative estimate of drug-likeness (QED) is 0.871. The van der Waals surface area contributed by atoms with Gasteiger partial charge in [0.25, 0.3) is 5.91 Å². The molecule has 2 heterocycles. The monoisotopic (exact) mass is 300 g/mol. The van der Waals surface area contributed by atoms with Gasteiger partial charge in [0, 0.05) is 6.54 Å². The van der Waals surface area contributed by atoms with E-state index in [2.05, 4.69) is 26.2 Å². The van der Waals surface area contributed by atoms with Gasteiger partial charge in [-0.25, -0.2) is 4.98 Å². The minimum atomic E-state index is -0.0850. The molecule has 0 spiro atoms. The maximum Gasteiger partial charge on any atom is 0.269 e. The third kappa shape index (κ3) is 3.22. The van der Waals surface area contributed by atoms with Gasteiger partial charge in [-0.1, -0.05) is 6.07 Å². The smallest absolute Gasteiger partial charge is 0.269 e. The van der Waals surface area contributed by atoms with Gasteiger partial charge in [-0.05, 0) is 51.9 Å². The molecule has 1 aromatic heterocycles. The SMILES string of the molecule is O=C(NCC1CCSC1)c1cccc(Br)n1. The Balaban J connectivity index is 1.87. The normalized spacial score (nSPS) is 19.7. The summed E-state index contributed by atoms with van der Waals surface area (Å²) in [6.07, 6.45) is 1.21. The number of rotatable bonds is 3. The highest BCUT2D eigenvalue weighted by atomic mass is 79.9. The fraction of sp³-hybridized carbons (Fsp3) is 0.455. The number of halogens is 1. The van der Waals surface area contributed by atoms with E-state index in [-0.39, 0.29) is 5.91 Å². The Kier molecular flexibility index (Phi) is 4.23. The van der Waals surface area contributed by atoms with Crippen LogP contribution in [-0.4, -0.2) is 28.9 Å². The molecule has 1 atom stereocenters. The van der Waals surface area contributed by atoms with Crippen LogP contribution in [0.1, 0.15) is 16.9 Å². The number of amides is 1.